The Morgan fingerprint density at radius 1 is 1.25 bits per heavy atom. The van der Waals surface area contributed by atoms with E-state index in [0.717, 1.165) is 37.0 Å². The fourth-order valence-electron chi connectivity index (χ4n) is 5.34. The van der Waals surface area contributed by atoms with Crippen molar-refractivity contribution in [2.24, 2.45) is 0 Å². The summed E-state index contributed by atoms with van der Waals surface area (Å²) in [6.07, 6.45) is 5.26. The molecule has 32 heavy (non-hydrogen) atoms. The van der Waals surface area contributed by atoms with Gasteiger partial charge in [0.2, 0.25) is 11.8 Å². The van der Waals surface area contributed by atoms with Crippen LogP contribution < -0.4 is 10.1 Å². The van der Waals surface area contributed by atoms with Gasteiger partial charge < -0.3 is 20.1 Å². The smallest absolute Gasteiger partial charge is 0.327 e. The van der Waals surface area contributed by atoms with Crippen LogP contribution in [0.4, 0.5) is 0 Å². The molecule has 0 aromatic heterocycles. The number of thioether (sulfide) groups is 1. The number of β-lactam (4-membered cyclic amide) rings is 1. The Balaban J connectivity index is 1.56. The van der Waals surface area contributed by atoms with Gasteiger partial charge in [0.15, 0.2) is 0 Å². The van der Waals surface area contributed by atoms with Crippen molar-refractivity contribution < 1.29 is 24.2 Å². The van der Waals surface area contributed by atoms with Gasteiger partial charge in [0.25, 0.3) is 0 Å². The van der Waals surface area contributed by atoms with Crippen molar-refractivity contribution in [2.75, 3.05) is 6.61 Å². The minimum Gasteiger partial charge on any atom is -0.493 e. The Kier molecular flexibility index (Phi) is 6.18. The number of benzene rings is 1. The first-order chi connectivity index (χ1) is 15.2. The minimum absolute atomic E-state index is 0.156. The lowest BCUT2D eigenvalue weighted by molar-refractivity contribution is -0.161. The van der Waals surface area contributed by atoms with E-state index in [0.29, 0.717) is 19.4 Å². The zero-order valence-corrected chi connectivity index (χ0v) is 19.7. The number of nitrogens with zero attached hydrogens (tertiary/aromatic N) is 1. The number of carbonyl (C=O) groups is 3. The first-order valence-electron chi connectivity index (χ1n) is 11.5. The predicted molar refractivity (Wildman–Crippen MR) is 123 cm³/mol. The van der Waals surface area contributed by atoms with Crippen LogP contribution in [-0.2, 0) is 19.8 Å². The Hall–Kier alpha value is -2.22. The normalized spacial score (nSPS) is 27.5. The highest BCUT2D eigenvalue weighted by atomic mass is 32.2. The lowest BCUT2D eigenvalue weighted by atomic mass is 9.77. The summed E-state index contributed by atoms with van der Waals surface area (Å²) in [5.41, 5.74) is 0.159. The second-order valence-corrected chi connectivity index (χ2v) is 11.3. The molecule has 0 spiro atoms. The molecule has 2 N–H and O–H groups in total. The molecule has 174 valence electrons. The molecule has 2 heterocycles. The number of ether oxygens (including phenoxy) is 1. The Morgan fingerprint density at radius 2 is 1.94 bits per heavy atom. The monoisotopic (exact) mass is 460 g/mol. The van der Waals surface area contributed by atoms with E-state index in [1.54, 1.807) is 0 Å². The van der Waals surface area contributed by atoms with Crippen LogP contribution in [0.15, 0.2) is 24.3 Å². The fraction of sp³-hybridized carbons (Fsp3) is 0.625. The van der Waals surface area contributed by atoms with Gasteiger partial charge in [0.1, 0.15) is 23.2 Å². The van der Waals surface area contributed by atoms with Crippen LogP contribution in [0.3, 0.4) is 0 Å². The Bertz CT molecular complexity index is 911. The van der Waals surface area contributed by atoms with Crippen LogP contribution in [0.2, 0.25) is 0 Å². The maximum atomic E-state index is 13.7. The average Bonchev–Trinajstić information content (AvgIpc) is 3.34. The van der Waals surface area contributed by atoms with Crippen molar-refractivity contribution in [1.29, 1.82) is 0 Å². The van der Waals surface area contributed by atoms with E-state index in [2.05, 4.69) is 12.2 Å². The number of para-hydroxylation sites is 1. The van der Waals surface area contributed by atoms with E-state index in [4.69, 9.17) is 4.74 Å². The molecule has 3 atom stereocenters. The van der Waals surface area contributed by atoms with Gasteiger partial charge >= 0.3 is 5.97 Å². The molecule has 7 nitrogen and oxygen atoms in total. The van der Waals surface area contributed by atoms with Gasteiger partial charge in [-0.25, -0.2) is 4.79 Å². The first kappa shape index (κ1) is 23.0. The number of unbranched alkanes of at least 4 members (excludes halogenated alkanes) is 1. The number of aliphatic carboxylic acids is 1. The third-order valence-electron chi connectivity index (χ3n) is 7.01. The quantitative estimate of drug-likeness (QED) is 0.456. The van der Waals surface area contributed by atoms with Gasteiger partial charge in [-0.2, -0.15) is 0 Å². The maximum Gasteiger partial charge on any atom is 0.327 e. The van der Waals surface area contributed by atoms with Gasteiger partial charge in [-0.3, -0.25) is 9.59 Å². The number of fused-ring (bicyclic) bond motifs is 1. The molecule has 0 radical (unpaired) electrons. The molecule has 0 unspecified atom stereocenters. The van der Waals surface area contributed by atoms with Gasteiger partial charge in [-0.1, -0.05) is 44.4 Å². The zero-order chi connectivity index (χ0) is 23.1. The van der Waals surface area contributed by atoms with Crippen molar-refractivity contribution >= 4 is 29.5 Å². The number of carbonyl (C=O) groups excluding carboxylic acids is 2. The van der Waals surface area contributed by atoms with Gasteiger partial charge in [0.05, 0.1) is 12.0 Å². The second kappa shape index (κ2) is 8.61. The van der Waals surface area contributed by atoms with E-state index in [1.807, 2.05) is 38.1 Å². The lowest BCUT2D eigenvalue weighted by Crippen LogP contribution is -2.71. The van der Waals surface area contributed by atoms with E-state index in [9.17, 15) is 19.5 Å². The molecule has 2 aliphatic heterocycles. The van der Waals surface area contributed by atoms with Crippen molar-refractivity contribution in [3.8, 4) is 5.75 Å². The number of nitrogens with one attached hydrogen (secondary N) is 1. The standard InChI is InChI=1S/C24H32N2O5S/c1-4-5-14-31-16-11-7-6-10-15(16)24(12-8-9-13-24)22(30)25-17-19(27)26-18(21(28)29)23(2,3)32-20(17)26/h6-7,10-11,17-18,20H,4-5,8-9,12-14H2,1-3H3,(H,25,30)(H,28,29)/t17-,18-,20+/m1/s1. The maximum absolute atomic E-state index is 13.7. The van der Waals surface area contributed by atoms with Crippen LogP contribution in [0.25, 0.3) is 0 Å². The second-order valence-electron chi connectivity index (χ2n) is 9.54. The van der Waals surface area contributed by atoms with Gasteiger partial charge in [0, 0.05) is 10.3 Å². The fourth-order valence-corrected chi connectivity index (χ4v) is 6.96. The minimum atomic E-state index is -1.01. The molecule has 1 aromatic carbocycles. The molecule has 1 aromatic rings. The molecular weight excluding hydrogens is 428 g/mol. The lowest BCUT2D eigenvalue weighted by Gasteiger charge is -2.45. The number of amides is 2. The first-order valence-corrected chi connectivity index (χ1v) is 12.4. The van der Waals surface area contributed by atoms with Gasteiger partial charge in [-0.05, 0) is 39.2 Å². The highest BCUT2D eigenvalue weighted by Crippen LogP contribution is 2.51. The Labute approximate surface area is 193 Å². The number of hydrogen-bond acceptors (Lipinski definition) is 5. The summed E-state index contributed by atoms with van der Waals surface area (Å²) in [6.45, 7) is 6.38. The summed E-state index contributed by atoms with van der Waals surface area (Å²) >= 11 is 1.45. The average molecular weight is 461 g/mol. The topological polar surface area (TPSA) is 95.9 Å². The molecule has 2 amide bonds. The summed E-state index contributed by atoms with van der Waals surface area (Å²) in [7, 11) is 0. The Morgan fingerprint density at radius 3 is 2.59 bits per heavy atom. The summed E-state index contributed by atoms with van der Waals surface area (Å²) in [5.74, 6) is -0.735. The van der Waals surface area contributed by atoms with Crippen LogP contribution >= 0.6 is 11.8 Å². The summed E-state index contributed by atoms with van der Waals surface area (Å²) < 4.78 is 5.43. The molecule has 0 bridgehead atoms. The highest BCUT2D eigenvalue weighted by molar-refractivity contribution is 8.01. The highest BCUT2D eigenvalue weighted by Gasteiger charge is 2.64. The molecule has 4 rings (SSSR count). The van der Waals surface area contributed by atoms with E-state index in [1.165, 1.54) is 16.7 Å². The third kappa shape index (κ3) is 3.66. The van der Waals surface area contributed by atoms with Gasteiger partial charge in [-0.15, -0.1) is 11.8 Å². The third-order valence-corrected chi connectivity index (χ3v) is 8.58. The molecule has 1 aliphatic carbocycles. The number of hydrogen-bond donors (Lipinski definition) is 2. The summed E-state index contributed by atoms with van der Waals surface area (Å²) in [6, 6.07) is 6.16. The van der Waals surface area contributed by atoms with E-state index in [-0.39, 0.29) is 17.2 Å². The molecule has 1 saturated carbocycles. The van der Waals surface area contributed by atoms with Crippen LogP contribution in [0.1, 0.15) is 64.9 Å². The van der Waals surface area contributed by atoms with Crippen molar-refractivity contribution in [1.82, 2.24) is 10.2 Å². The molecule has 3 aliphatic rings. The van der Waals surface area contributed by atoms with Crippen LogP contribution in [-0.4, -0.2) is 56.6 Å². The molecular formula is C24H32N2O5S. The largest absolute Gasteiger partial charge is 0.493 e. The summed E-state index contributed by atoms with van der Waals surface area (Å²) in [4.78, 5) is 39.8. The SMILES string of the molecule is CCCCOc1ccccc1C1(C(=O)N[C@@H]2C(=O)N3[C@H]2SC(C)(C)[C@H]3C(=O)O)CCCC1. The predicted octanol–water partition coefficient (Wildman–Crippen LogP) is 3.31. The number of carboxylic acids is 1. The number of carboxylic acid groups (broad SMARTS) is 1. The van der Waals surface area contributed by atoms with Crippen molar-refractivity contribution in [3.63, 3.8) is 0 Å². The van der Waals surface area contributed by atoms with Crippen molar-refractivity contribution in [2.45, 2.75) is 86.9 Å². The molecule has 2 saturated heterocycles. The van der Waals surface area contributed by atoms with E-state index < -0.39 is 28.2 Å². The molecule has 8 heteroatoms. The molecule has 3 fully saturated rings. The van der Waals surface area contributed by atoms with E-state index >= 15 is 0 Å². The van der Waals surface area contributed by atoms with Crippen molar-refractivity contribution in [3.05, 3.63) is 29.8 Å². The number of rotatable bonds is 8. The van der Waals surface area contributed by atoms with Crippen LogP contribution in [0, 0.1) is 0 Å². The summed E-state index contributed by atoms with van der Waals surface area (Å²) in [5, 5.41) is 12.3. The van der Waals surface area contributed by atoms with Crippen LogP contribution in [0.5, 0.6) is 5.75 Å². The zero-order valence-electron chi connectivity index (χ0n) is 18.9.